The topological polar surface area (TPSA) is 35.5 Å². The van der Waals surface area contributed by atoms with Gasteiger partial charge in [-0.05, 0) is 137 Å². The second-order valence-electron chi connectivity index (χ2n) is 15.1. The molecule has 0 amide bonds. The number of fused-ring (bicyclic) bond motifs is 1. The van der Waals surface area contributed by atoms with E-state index in [1.807, 2.05) is 72.0 Å². The number of allylic oxidation sites excluding steroid dienone is 1. The van der Waals surface area contributed by atoms with Crippen LogP contribution in [0.25, 0.3) is 28.5 Å². The van der Waals surface area contributed by atoms with Gasteiger partial charge in [-0.3, -0.25) is 4.90 Å². The van der Waals surface area contributed by atoms with Gasteiger partial charge in [0.1, 0.15) is 23.6 Å². The molecule has 286 valence electrons. The lowest BCUT2D eigenvalue weighted by molar-refractivity contribution is 0.267. The third-order valence-corrected chi connectivity index (χ3v) is 9.82. The van der Waals surface area contributed by atoms with E-state index in [4.69, 9.17) is 9.97 Å². The lowest BCUT2D eigenvalue weighted by Gasteiger charge is -2.32. The highest BCUT2D eigenvalue weighted by Gasteiger charge is 2.22. The number of aromatic nitrogens is 2. The fourth-order valence-corrected chi connectivity index (χ4v) is 7.34. The van der Waals surface area contributed by atoms with Gasteiger partial charge in [0.05, 0.1) is 5.35 Å². The van der Waals surface area contributed by atoms with E-state index in [2.05, 4.69) is 48.9 Å². The number of hydrogen-bond donors (Lipinski definition) is 0. The van der Waals surface area contributed by atoms with E-state index in [1.54, 1.807) is 12.1 Å². The number of nitrogens with zero attached hydrogens (tertiary/aromatic N) is 5. The zero-order chi connectivity index (χ0) is 38.4. The maximum absolute atomic E-state index is 14.9. The van der Waals surface area contributed by atoms with Crippen LogP contribution in [0.1, 0.15) is 102 Å². The SMILES string of the molecule is C=C(/C=c1/nc(CC)nc(N2CCCC(C)C2)/c1=C/C(F)CC)c1cc(C)cc2ccc(F)c(CC)c12.C=CCN1CCCC1CCC.CN(C)C. The second-order valence-corrected chi connectivity index (χ2v) is 15.1. The molecule has 3 atom stereocenters. The predicted octanol–water partition coefficient (Wildman–Crippen LogP) is 9.08. The van der Waals surface area contributed by atoms with Crippen molar-refractivity contribution < 1.29 is 8.78 Å². The van der Waals surface area contributed by atoms with Crippen molar-refractivity contribution in [1.82, 2.24) is 19.8 Å². The summed E-state index contributed by atoms with van der Waals surface area (Å²) in [6.07, 6.45) is 13.9. The largest absolute Gasteiger partial charge is 0.356 e. The number of hydrogen-bond acceptors (Lipinski definition) is 5. The molecular weight excluding hydrogens is 649 g/mol. The number of anilines is 1. The molecule has 5 rings (SSSR count). The highest BCUT2D eigenvalue weighted by molar-refractivity contribution is 6.02. The standard InChI is InChI=1S/C32H39F2N3.C10H19N.C3H9N/c1-7-24(33)18-27-29(35-30(9-3)36-32(27)37-14-10-11-20(4)19-37)17-22(6)26-16-21(5)15-23-12-13-28(34)25(8-2)31(23)26;1-3-6-10-7-5-9-11(10)8-4-2;1-4(2)3/h12-13,15-18,20,24H,6-11,14,19H2,1-5H3;4,10H,2-3,5-9H2,1H3;1-3H3/b27-18+,29-17+;;. The number of halogens is 2. The molecule has 0 N–H and O–H groups in total. The molecule has 3 heterocycles. The van der Waals surface area contributed by atoms with Crippen LogP contribution in [-0.4, -0.2) is 79.3 Å². The fourth-order valence-electron chi connectivity index (χ4n) is 7.34. The Labute approximate surface area is 314 Å². The van der Waals surface area contributed by atoms with Crippen LogP contribution in [0.4, 0.5) is 14.6 Å². The van der Waals surface area contributed by atoms with E-state index in [-0.39, 0.29) is 5.82 Å². The number of piperidine rings is 1. The van der Waals surface area contributed by atoms with Crippen molar-refractivity contribution in [3.05, 3.63) is 82.4 Å². The van der Waals surface area contributed by atoms with Gasteiger partial charge in [-0.15, -0.1) is 6.58 Å². The Morgan fingerprint density at radius 1 is 1.04 bits per heavy atom. The minimum Gasteiger partial charge on any atom is -0.356 e. The molecule has 52 heavy (non-hydrogen) atoms. The van der Waals surface area contributed by atoms with Crippen LogP contribution in [0.15, 0.2) is 43.5 Å². The van der Waals surface area contributed by atoms with Gasteiger partial charge in [0.15, 0.2) is 0 Å². The molecule has 0 spiro atoms. The van der Waals surface area contributed by atoms with Crippen LogP contribution < -0.4 is 15.5 Å². The van der Waals surface area contributed by atoms with Gasteiger partial charge in [-0.1, -0.05) is 71.9 Å². The summed E-state index contributed by atoms with van der Waals surface area (Å²) in [5, 5.41) is 3.27. The highest BCUT2D eigenvalue weighted by atomic mass is 19.1. The molecule has 2 aliphatic rings. The van der Waals surface area contributed by atoms with Gasteiger partial charge in [-0.2, -0.15) is 0 Å². The number of benzene rings is 2. The van der Waals surface area contributed by atoms with Gasteiger partial charge in [0.2, 0.25) is 0 Å². The Kier molecular flexibility index (Phi) is 17.6. The quantitative estimate of drug-likeness (QED) is 0.185. The number of rotatable bonds is 11. The third kappa shape index (κ3) is 12.1. The first-order chi connectivity index (χ1) is 24.9. The Hall–Kier alpha value is -3.42. The summed E-state index contributed by atoms with van der Waals surface area (Å²) in [6, 6.07) is 8.37. The normalized spacial score (nSPS) is 19.0. The molecule has 2 saturated heterocycles. The maximum Gasteiger partial charge on any atom is 0.140 e. The van der Waals surface area contributed by atoms with Gasteiger partial charge in [0.25, 0.3) is 0 Å². The minimum absolute atomic E-state index is 0.207. The van der Waals surface area contributed by atoms with Crippen LogP contribution in [0.3, 0.4) is 0 Å². The van der Waals surface area contributed by atoms with Gasteiger partial charge >= 0.3 is 0 Å². The van der Waals surface area contributed by atoms with Gasteiger partial charge in [-0.25, -0.2) is 18.7 Å². The highest BCUT2D eigenvalue weighted by Crippen LogP contribution is 2.32. The Morgan fingerprint density at radius 2 is 1.75 bits per heavy atom. The monoisotopic (exact) mass is 716 g/mol. The first-order valence-electron chi connectivity index (χ1n) is 19.7. The zero-order valence-electron chi connectivity index (χ0n) is 33.9. The molecule has 5 nitrogen and oxygen atoms in total. The summed E-state index contributed by atoms with van der Waals surface area (Å²) in [6.45, 7) is 24.8. The van der Waals surface area contributed by atoms with Gasteiger partial charge < -0.3 is 9.80 Å². The van der Waals surface area contributed by atoms with Crippen molar-refractivity contribution in [2.75, 3.05) is 52.2 Å². The van der Waals surface area contributed by atoms with Gasteiger partial charge in [0, 0.05) is 37.3 Å². The van der Waals surface area contributed by atoms with Crippen molar-refractivity contribution in [2.45, 2.75) is 112 Å². The molecule has 0 radical (unpaired) electrons. The summed E-state index contributed by atoms with van der Waals surface area (Å²) in [5.41, 5.74) is 3.37. The molecule has 3 unspecified atom stereocenters. The Balaban J connectivity index is 0.000000405. The summed E-state index contributed by atoms with van der Waals surface area (Å²) < 4.78 is 29.7. The molecule has 3 aromatic rings. The zero-order valence-corrected chi connectivity index (χ0v) is 33.9. The lowest BCUT2D eigenvalue weighted by atomic mass is 9.91. The number of likely N-dealkylation sites (tertiary alicyclic amines) is 1. The lowest BCUT2D eigenvalue weighted by Crippen LogP contribution is -2.43. The molecule has 2 aliphatic heterocycles. The van der Waals surface area contributed by atoms with Crippen molar-refractivity contribution >= 4 is 34.3 Å². The molecule has 0 bridgehead atoms. The molecule has 1 aromatic heterocycles. The maximum atomic E-state index is 14.9. The van der Waals surface area contributed by atoms with E-state index in [0.717, 1.165) is 76.4 Å². The van der Waals surface area contributed by atoms with Crippen LogP contribution in [0.5, 0.6) is 0 Å². The van der Waals surface area contributed by atoms with Crippen molar-refractivity contribution in [2.24, 2.45) is 5.92 Å². The first kappa shape index (κ1) is 43.0. The fraction of sp³-hybridized carbons (Fsp3) is 0.556. The molecule has 0 saturated carbocycles. The average molecular weight is 716 g/mol. The minimum atomic E-state index is -1.10. The smallest absolute Gasteiger partial charge is 0.140 e. The van der Waals surface area contributed by atoms with E-state index < -0.39 is 6.17 Å². The predicted molar refractivity (Wildman–Crippen MR) is 222 cm³/mol. The van der Waals surface area contributed by atoms with Crippen LogP contribution in [-0.2, 0) is 12.8 Å². The number of alkyl halides is 1. The van der Waals surface area contributed by atoms with Crippen LogP contribution in [0.2, 0.25) is 0 Å². The first-order valence-corrected chi connectivity index (χ1v) is 19.7. The van der Waals surface area contributed by atoms with E-state index in [1.165, 1.54) is 38.6 Å². The Morgan fingerprint density at radius 3 is 2.37 bits per heavy atom. The summed E-state index contributed by atoms with van der Waals surface area (Å²) in [5.74, 6) is 1.88. The summed E-state index contributed by atoms with van der Waals surface area (Å²) in [7, 11) is 6.00. The molecule has 7 heteroatoms. The second kappa shape index (κ2) is 21.3. The molecular formula is C45H67F2N5. The third-order valence-electron chi connectivity index (χ3n) is 9.82. The average Bonchev–Trinajstić information content (AvgIpc) is 3.55. The van der Waals surface area contributed by atoms with E-state index in [9.17, 15) is 8.78 Å². The van der Waals surface area contributed by atoms with Crippen LogP contribution >= 0.6 is 0 Å². The van der Waals surface area contributed by atoms with E-state index >= 15 is 0 Å². The molecule has 2 fully saturated rings. The molecule has 0 aliphatic carbocycles. The summed E-state index contributed by atoms with van der Waals surface area (Å²) >= 11 is 0. The van der Waals surface area contributed by atoms with Crippen molar-refractivity contribution in [3.63, 3.8) is 0 Å². The van der Waals surface area contributed by atoms with Crippen molar-refractivity contribution in [3.8, 4) is 0 Å². The van der Waals surface area contributed by atoms with E-state index in [0.29, 0.717) is 36.1 Å². The Bertz CT molecular complexity index is 1730. The number of aryl methyl sites for hydroxylation is 3. The summed E-state index contributed by atoms with van der Waals surface area (Å²) in [4.78, 5) is 16.6. The van der Waals surface area contributed by atoms with Crippen LogP contribution in [0, 0.1) is 18.7 Å². The van der Waals surface area contributed by atoms with Crippen molar-refractivity contribution in [1.29, 1.82) is 0 Å². The molecule has 2 aromatic carbocycles.